The van der Waals surface area contributed by atoms with Crippen LogP contribution in [0.25, 0.3) is 0 Å². The van der Waals surface area contributed by atoms with Gasteiger partial charge in [0.15, 0.2) is 0 Å². The van der Waals surface area contributed by atoms with Crippen molar-refractivity contribution in [1.82, 2.24) is 19.7 Å². The maximum Gasteiger partial charge on any atom is 0.274 e. The monoisotopic (exact) mass is 424 g/mol. The van der Waals surface area contributed by atoms with Gasteiger partial charge in [-0.2, -0.15) is 5.10 Å². The van der Waals surface area contributed by atoms with Crippen LogP contribution in [0.2, 0.25) is 0 Å². The van der Waals surface area contributed by atoms with Gasteiger partial charge in [-0.25, -0.2) is 13.5 Å². The van der Waals surface area contributed by atoms with Gasteiger partial charge in [0.05, 0.1) is 0 Å². The Hall–Kier alpha value is -3.42. The molecule has 8 heteroatoms. The van der Waals surface area contributed by atoms with E-state index in [9.17, 15) is 18.4 Å². The van der Waals surface area contributed by atoms with Crippen LogP contribution in [0.15, 0.2) is 53.5 Å². The fraction of sp³-hybridized carbons (Fsp3) is 0.304. The van der Waals surface area contributed by atoms with E-state index in [1.807, 2.05) is 12.1 Å². The quantitative estimate of drug-likeness (QED) is 0.646. The van der Waals surface area contributed by atoms with Crippen molar-refractivity contribution in [2.45, 2.75) is 25.2 Å². The number of hydrogen-bond donors (Lipinski definition) is 0. The van der Waals surface area contributed by atoms with Crippen molar-refractivity contribution < 1.29 is 13.6 Å². The third-order valence-corrected chi connectivity index (χ3v) is 5.60. The maximum absolute atomic E-state index is 13.9. The van der Waals surface area contributed by atoms with Gasteiger partial charge in [-0.15, -0.1) is 0 Å². The number of carbonyl (C=O) groups is 1. The number of likely N-dealkylation sites (tertiary alicyclic amines) is 1. The van der Waals surface area contributed by atoms with Crippen LogP contribution in [-0.4, -0.2) is 38.7 Å². The Morgan fingerprint density at radius 3 is 2.58 bits per heavy atom. The van der Waals surface area contributed by atoms with Crippen molar-refractivity contribution in [3.63, 3.8) is 0 Å². The van der Waals surface area contributed by atoms with E-state index in [0.29, 0.717) is 18.7 Å². The second-order valence-corrected chi connectivity index (χ2v) is 7.74. The zero-order valence-electron chi connectivity index (χ0n) is 17.1. The third kappa shape index (κ3) is 4.52. The van der Waals surface area contributed by atoms with Crippen LogP contribution in [0.5, 0.6) is 0 Å². The fourth-order valence-corrected chi connectivity index (χ4v) is 3.87. The first-order valence-corrected chi connectivity index (χ1v) is 10.1. The SMILES string of the molecule is Cn1nc(C(=O)N2CCCC(c3ccc(Cc4c(F)cccc4F)cn3)C2)ccc1=O. The summed E-state index contributed by atoms with van der Waals surface area (Å²) in [5, 5.41) is 4.05. The fourth-order valence-electron chi connectivity index (χ4n) is 3.87. The topological polar surface area (TPSA) is 68.1 Å². The highest BCUT2D eigenvalue weighted by atomic mass is 19.1. The molecule has 3 aromatic rings. The summed E-state index contributed by atoms with van der Waals surface area (Å²) in [7, 11) is 1.51. The normalized spacial score (nSPS) is 16.4. The molecule has 1 saturated heterocycles. The predicted octanol–water partition coefficient (Wildman–Crippen LogP) is 3.06. The average molecular weight is 424 g/mol. The summed E-state index contributed by atoms with van der Waals surface area (Å²) in [4.78, 5) is 30.6. The molecule has 0 N–H and O–H groups in total. The van der Waals surface area contributed by atoms with Gasteiger partial charge in [0, 0.05) is 56.0 Å². The Kier molecular flexibility index (Phi) is 5.88. The molecular formula is C23H22F2N4O2. The molecule has 6 nitrogen and oxygen atoms in total. The lowest BCUT2D eigenvalue weighted by atomic mass is 9.93. The molecule has 1 aliphatic heterocycles. The van der Waals surface area contributed by atoms with Gasteiger partial charge < -0.3 is 4.90 Å². The van der Waals surface area contributed by atoms with Gasteiger partial charge in [0.25, 0.3) is 11.5 Å². The Morgan fingerprint density at radius 2 is 1.90 bits per heavy atom. The van der Waals surface area contributed by atoms with Crippen LogP contribution >= 0.6 is 0 Å². The molecule has 0 bridgehead atoms. The van der Waals surface area contributed by atoms with Gasteiger partial charge in [0.2, 0.25) is 0 Å². The highest BCUT2D eigenvalue weighted by Crippen LogP contribution is 2.27. The van der Waals surface area contributed by atoms with E-state index >= 15 is 0 Å². The summed E-state index contributed by atoms with van der Waals surface area (Å²) in [5.41, 5.74) is 1.54. The minimum atomic E-state index is -0.572. The van der Waals surface area contributed by atoms with Crippen LogP contribution < -0.4 is 5.56 Å². The lowest BCUT2D eigenvalue weighted by Gasteiger charge is -2.32. The molecule has 1 unspecified atom stereocenters. The summed E-state index contributed by atoms with van der Waals surface area (Å²) >= 11 is 0. The molecule has 1 fully saturated rings. The highest BCUT2D eigenvalue weighted by molar-refractivity contribution is 5.92. The lowest BCUT2D eigenvalue weighted by Crippen LogP contribution is -2.40. The van der Waals surface area contributed by atoms with Crippen LogP contribution in [0, 0.1) is 11.6 Å². The molecule has 160 valence electrons. The summed E-state index contributed by atoms with van der Waals surface area (Å²) < 4.78 is 28.9. The second kappa shape index (κ2) is 8.75. The summed E-state index contributed by atoms with van der Waals surface area (Å²) in [6.45, 7) is 1.11. The van der Waals surface area contributed by atoms with Crippen molar-refractivity contribution in [1.29, 1.82) is 0 Å². The van der Waals surface area contributed by atoms with E-state index in [-0.39, 0.29) is 35.1 Å². The van der Waals surface area contributed by atoms with Gasteiger partial charge in [0.1, 0.15) is 17.3 Å². The van der Waals surface area contributed by atoms with E-state index in [1.54, 1.807) is 11.1 Å². The number of aromatic nitrogens is 3. The number of rotatable bonds is 4. The van der Waals surface area contributed by atoms with Crippen molar-refractivity contribution in [2.24, 2.45) is 7.05 Å². The number of halogens is 2. The first-order chi connectivity index (χ1) is 14.9. The second-order valence-electron chi connectivity index (χ2n) is 7.74. The summed E-state index contributed by atoms with van der Waals surface area (Å²) in [6, 6.07) is 10.3. The summed E-state index contributed by atoms with van der Waals surface area (Å²) in [5.74, 6) is -1.30. The van der Waals surface area contributed by atoms with Crippen LogP contribution in [-0.2, 0) is 13.5 Å². The molecule has 31 heavy (non-hydrogen) atoms. The molecule has 0 spiro atoms. The van der Waals surface area contributed by atoms with Crippen LogP contribution in [0.4, 0.5) is 8.78 Å². The number of benzene rings is 1. The highest BCUT2D eigenvalue weighted by Gasteiger charge is 2.27. The number of amides is 1. The minimum absolute atomic E-state index is 0.0243. The Balaban J connectivity index is 1.46. The van der Waals surface area contributed by atoms with E-state index in [2.05, 4.69) is 10.1 Å². The Bertz CT molecular complexity index is 1140. The average Bonchev–Trinajstić information content (AvgIpc) is 2.78. The number of nitrogens with zero attached hydrogens (tertiary/aromatic N) is 4. The molecule has 4 rings (SSSR count). The zero-order chi connectivity index (χ0) is 22.0. The number of pyridine rings is 1. The van der Waals surface area contributed by atoms with Crippen LogP contribution in [0.1, 0.15) is 46.1 Å². The number of carbonyl (C=O) groups excluding carboxylic acids is 1. The molecule has 3 heterocycles. The molecule has 1 atom stereocenters. The van der Waals surface area contributed by atoms with Gasteiger partial charge >= 0.3 is 0 Å². The third-order valence-electron chi connectivity index (χ3n) is 5.60. The molecule has 1 aromatic carbocycles. The largest absolute Gasteiger partial charge is 0.337 e. The first-order valence-electron chi connectivity index (χ1n) is 10.1. The molecule has 1 aliphatic rings. The smallest absolute Gasteiger partial charge is 0.274 e. The number of piperidine rings is 1. The summed E-state index contributed by atoms with van der Waals surface area (Å²) in [6.07, 6.45) is 3.47. The Morgan fingerprint density at radius 1 is 1.13 bits per heavy atom. The molecular weight excluding hydrogens is 402 g/mol. The van der Waals surface area contributed by atoms with E-state index in [4.69, 9.17) is 0 Å². The standard InChI is InChI=1S/C23H22F2N4O2/c1-28-22(30)10-9-21(27-28)23(31)29-11-3-4-16(14-29)20-8-7-15(13-26-20)12-17-18(24)5-2-6-19(17)25/h2,5-10,13,16H,3-4,11-12,14H2,1H3. The lowest BCUT2D eigenvalue weighted by molar-refractivity contribution is 0.0697. The minimum Gasteiger partial charge on any atom is -0.337 e. The van der Waals surface area contributed by atoms with E-state index < -0.39 is 11.6 Å². The number of aryl methyl sites for hydroxylation is 1. The van der Waals surface area contributed by atoms with Gasteiger partial charge in [-0.1, -0.05) is 12.1 Å². The number of hydrogen-bond acceptors (Lipinski definition) is 4. The molecule has 0 radical (unpaired) electrons. The first kappa shape index (κ1) is 20.8. The Labute approximate surface area is 178 Å². The van der Waals surface area contributed by atoms with Gasteiger partial charge in [-0.3, -0.25) is 14.6 Å². The van der Waals surface area contributed by atoms with E-state index in [0.717, 1.165) is 23.2 Å². The molecule has 0 aliphatic carbocycles. The molecule has 1 amide bonds. The van der Waals surface area contributed by atoms with Crippen molar-refractivity contribution in [3.05, 3.63) is 93.2 Å². The predicted molar refractivity (Wildman–Crippen MR) is 111 cm³/mol. The van der Waals surface area contributed by atoms with Crippen molar-refractivity contribution in [2.75, 3.05) is 13.1 Å². The van der Waals surface area contributed by atoms with Gasteiger partial charge in [-0.05, 0) is 42.7 Å². The van der Waals surface area contributed by atoms with Crippen LogP contribution in [0.3, 0.4) is 0 Å². The zero-order valence-corrected chi connectivity index (χ0v) is 17.1. The van der Waals surface area contributed by atoms with Crippen molar-refractivity contribution >= 4 is 5.91 Å². The van der Waals surface area contributed by atoms with Crippen molar-refractivity contribution in [3.8, 4) is 0 Å². The maximum atomic E-state index is 13.9. The molecule has 0 saturated carbocycles. The van der Waals surface area contributed by atoms with E-state index in [1.165, 1.54) is 37.4 Å². The molecule has 2 aromatic heterocycles.